The Morgan fingerprint density at radius 2 is 1.81 bits per heavy atom. The number of para-hydroxylation sites is 1. The Balaban J connectivity index is 1.74. The lowest BCUT2D eigenvalue weighted by Crippen LogP contribution is -2.30. The molecule has 2 aromatic rings. The fourth-order valence-corrected chi connectivity index (χ4v) is 2.48. The molecule has 0 spiro atoms. The quantitative estimate of drug-likeness (QED) is 0.940. The van der Waals surface area contributed by atoms with Crippen molar-refractivity contribution in [3.63, 3.8) is 0 Å². The van der Waals surface area contributed by atoms with Gasteiger partial charge in [-0.1, -0.05) is 18.2 Å². The van der Waals surface area contributed by atoms with Crippen molar-refractivity contribution in [2.24, 2.45) is 0 Å². The summed E-state index contributed by atoms with van der Waals surface area (Å²) in [5, 5.41) is 2.84. The molecule has 0 bridgehead atoms. The lowest BCUT2D eigenvalue weighted by Gasteiger charge is -2.27. The first-order valence-corrected chi connectivity index (χ1v) is 7.26. The van der Waals surface area contributed by atoms with Gasteiger partial charge in [0.2, 0.25) is 0 Å². The van der Waals surface area contributed by atoms with Gasteiger partial charge in [0.05, 0.1) is 0 Å². The fraction of sp³-hybridized carbons (Fsp3) is 0.312. The highest BCUT2D eigenvalue weighted by atomic mass is 16.1. The van der Waals surface area contributed by atoms with Crippen LogP contribution in [0.2, 0.25) is 0 Å². The molecule has 1 N–H and O–H groups in total. The molecule has 108 valence electrons. The van der Waals surface area contributed by atoms with Crippen molar-refractivity contribution in [1.82, 2.24) is 9.97 Å². The zero-order chi connectivity index (χ0) is 14.5. The van der Waals surface area contributed by atoms with Gasteiger partial charge in [0, 0.05) is 24.8 Å². The maximum Gasteiger partial charge on any atom is 0.274 e. The van der Waals surface area contributed by atoms with Crippen molar-refractivity contribution in [2.75, 3.05) is 23.3 Å². The minimum Gasteiger partial charge on any atom is -0.357 e. The van der Waals surface area contributed by atoms with Crippen LogP contribution in [-0.4, -0.2) is 29.0 Å². The molecule has 5 nitrogen and oxygen atoms in total. The fourth-order valence-electron chi connectivity index (χ4n) is 2.48. The SMILES string of the molecule is O=C(Nc1ccccc1)c1cc(N2CCCCC2)ncn1. The first-order chi connectivity index (χ1) is 10.3. The third kappa shape index (κ3) is 3.37. The van der Waals surface area contributed by atoms with E-state index >= 15 is 0 Å². The van der Waals surface area contributed by atoms with Crippen molar-refractivity contribution >= 4 is 17.4 Å². The van der Waals surface area contributed by atoms with E-state index < -0.39 is 0 Å². The van der Waals surface area contributed by atoms with E-state index in [1.165, 1.54) is 25.6 Å². The largest absolute Gasteiger partial charge is 0.357 e. The molecule has 1 aromatic heterocycles. The number of carbonyl (C=O) groups is 1. The van der Waals surface area contributed by atoms with Crippen LogP contribution >= 0.6 is 0 Å². The molecule has 0 aliphatic carbocycles. The second-order valence-electron chi connectivity index (χ2n) is 5.13. The summed E-state index contributed by atoms with van der Waals surface area (Å²) in [4.78, 5) is 22.8. The Morgan fingerprint density at radius 1 is 1.05 bits per heavy atom. The Labute approximate surface area is 124 Å². The maximum atomic E-state index is 12.2. The van der Waals surface area contributed by atoms with Crippen LogP contribution in [0, 0.1) is 0 Å². The number of carbonyl (C=O) groups excluding carboxylic acids is 1. The number of hydrogen-bond donors (Lipinski definition) is 1. The minimum absolute atomic E-state index is 0.207. The summed E-state index contributed by atoms with van der Waals surface area (Å²) in [6.07, 6.45) is 5.08. The molecule has 0 saturated carbocycles. The van der Waals surface area contributed by atoms with Gasteiger partial charge >= 0.3 is 0 Å². The molecule has 21 heavy (non-hydrogen) atoms. The summed E-state index contributed by atoms with van der Waals surface area (Å²) in [7, 11) is 0. The zero-order valence-electron chi connectivity index (χ0n) is 11.8. The zero-order valence-corrected chi connectivity index (χ0v) is 11.8. The molecular weight excluding hydrogens is 264 g/mol. The molecule has 0 atom stereocenters. The molecule has 2 heterocycles. The van der Waals surface area contributed by atoms with Crippen LogP contribution in [0.3, 0.4) is 0 Å². The van der Waals surface area contributed by atoms with Crippen LogP contribution in [-0.2, 0) is 0 Å². The predicted molar refractivity (Wildman–Crippen MR) is 82.5 cm³/mol. The Kier molecular flexibility index (Phi) is 4.09. The van der Waals surface area contributed by atoms with Crippen LogP contribution in [0.1, 0.15) is 29.8 Å². The van der Waals surface area contributed by atoms with Gasteiger partial charge in [0.15, 0.2) is 0 Å². The normalized spacial score (nSPS) is 14.8. The number of aromatic nitrogens is 2. The van der Waals surface area contributed by atoms with Crippen molar-refractivity contribution in [3.05, 3.63) is 48.4 Å². The number of hydrogen-bond acceptors (Lipinski definition) is 4. The van der Waals surface area contributed by atoms with E-state index in [9.17, 15) is 4.79 Å². The molecule has 1 amide bonds. The monoisotopic (exact) mass is 282 g/mol. The number of anilines is 2. The van der Waals surface area contributed by atoms with E-state index in [4.69, 9.17) is 0 Å². The van der Waals surface area contributed by atoms with E-state index in [1.54, 1.807) is 6.07 Å². The Morgan fingerprint density at radius 3 is 2.57 bits per heavy atom. The summed E-state index contributed by atoms with van der Waals surface area (Å²) in [5.41, 5.74) is 1.16. The van der Waals surface area contributed by atoms with Crippen molar-refractivity contribution in [3.8, 4) is 0 Å². The molecule has 1 saturated heterocycles. The summed E-state index contributed by atoms with van der Waals surface area (Å²) < 4.78 is 0. The van der Waals surface area contributed by atoms with Gasteiger partial charge in [-0.15, -0.1) is 0 Å². The lowest BCUT2D eigenvalue weighted by molar-refractivity contribution is 0.102. The van der Waals surface area contributed by atoms with E-state index in [0.29, 0.717) is 5.69 Å². The highest BCUT2D eigenvalue weighted by Gasteiger charge is 2.15. The van der Waals surface area contributed by atoms with Gasteiger partial charge in [-0.2, -0.15) is 0 Å². The third-order valence-corrected chi connectivity index (χ3v) is 3.60. The second-order valence-corrected chi connectivity index (χ2v) is 5.13. The summed E-state index contributed by atoms with van der Waals surface area (Å²) in [5.74, 6) is 0.629. The van der Waals surface area contributed by atoms with Crippen molar-refractivity contribution < 1.29 is 4.79 Å². The molecule has 1 aromatic carbocycles. The van der Waals surface area contributed by atoms with Gasteiger partial charge in [0.1, 0.15) is 17.8 Å². The molecular formula is C16H18N4O. The molecule has 5 heteroatoms. The Hall–Kier alpha value is -2.43. The standard InChI is InChI=1S/C16H18N4O/c21-16(19-13-7-3-1-4-8-13)14-11-15(18-12-17-14)20-9-5-2-6-10-20/h1,3-4,7-8,11-12H,2,5-6,9-10H2,(H,19,21). The first-order valence-electron chi connectivity index (χ1n) is 7.26. The predicted octanol–water partition coefficient (Wildman–Crippen LogP) is 2.72. The van der Waals surface area contributed by atoms with Crippen LogP contribution < -0.4 is 10.2 Å². The number of nitrogens with one attached hydrogen (secondary N) is 1. The van der Waals surface area contributed by atoms with Crippen LogP contribution in [0.15, 0.2) is 42.7 Å². The molecule has 1 aliphatic heterocycles. The number of nitrogens with zero attached hydrogens (tertiary/aromatic N) is 3. The maximum absolute atomic E-state index is 12.2. The lowest BCUT2D eigenvalue weighted by atomic mass is 10.1. The molecule has 1 aliphatic rings. The third-order valence-electron chi connectivity index (χ3n) is 3.60. The highest BCUT2D eigenvalue weighted by Crippen LogP contribution is 2.18. The number of piperidine rings is 1. The second kappa shape index (κ2) is 6.35. The minimum atomic E-state index is -0.207. The Bertz CT molecular complexity index is 609. The van der Waals surface area contributed by atoms with Crippen molar-refractivity contribution in [2.45, 2.75) is 19.3 Å². The molecule has 1 fully saturated rings. The number of amides is 1. The molecule has 0 radical (unpaired) electrons. The number of rotatable bonds is 3. The van der Waals surface area contributed by atoms with Crippen LogP contribution in [0.5, 0.6) is 0 Å². The van der Waals surface area contributed by atoms with E-state index in [2.05, 4.69) is 20.2 Å². The average molecular weight is 282 g/mol. The van der Waals surface area contributed by atoms with Crippen LogP contribution in [0.25, 0.3) is 0 Å². The van der Waals surface area contributed by atoms with E-state index in [1.807, 2.05) is 30.3 Å². The van der Waals surface area contributed by atoms with Gasteiger partial charge in [-0.25, -0.2) is 9.97 Å². The van der Waals surface area contributed by atoms with Gasteiger partial charge in [-0.05, 0) is 31.4 Å². The smallest absolute Gasteiger partial charge is 0.274 e. The van der Waals surface area contributed by atoms with Crippen LogP contribution in [0.4, 0.5) is 11.5 Å². The molecule has 0 unspecified atom stereocenters. The first kappa shape index (κ1) is 13.5. The summed E-state index contributed by atoms with van der Waals surface area (Å²) >= 11 is 0. The number of benzene rings is 1. The molecule has 3 rings (SSSR count). The summed E-state index contributed by atoms with van der Waals surface area (Å²) in [6.45, 7) is 1.99. The topological polar surface area (TPSA) is 58.1 Å². The summed E-state index contributed by atoms with van der Waals surface area (Å²) in [6, 6.07) is 11.1. The van der Waals surface area contributed by atoms with Gasteiger partial charge in [0.25, 0.3) is 5.91 Å². The van der Waals surface area contributed by atoms with E-state index in [0.717, 1.165) is 24.6 Å². The van der Waals surface area contributed by atoms with Crippen molar-refractivity contribution in [1.29, 1.82) is 0 Å². The van der Waals surface area contributed by atoms with E-state index in [-0.39, 0.29) is 5.91 Å². The van der Waals surface area contributed by atoms with Gasteiger partial charge < -0.3 is 10.2 Å². The highest BCUT2D eigenvalue weighted by molar-refractivity contribution is 6.03. The average Bonchev–Trinajstić information content (AvgIpc) is 2.57. The van der Waals surface area contributed by atoms with Gasteiger partial charge in [-0.3, -0.25) is 4.79 Å².